The second-order valence-electron chi connectivity index (χ2n) is 4.67. The van der Waals surface area contributed by atoms with E-state index in [1.54, 1.807) is 0 Å². The summed E-state index contributed by atoms with van der Waals surface area (Å²) >= 11 is 0. The highest BCUT2D eigenvalue weighted by Crippen LogP contribution is 2.12. The quantitative estimate of drug-likeness (QED) is 0.801. The van der Waals surface area contributed by atoms with Gasteiger partial charge in [-0.15, -0.1) is 0 Å². The summed E-state index contributed by atoms with van der Waals surface area (Å²) in [5.74, 6) is 0.593. The number of nitrogens with two attached hydrogens (primary N) is 1. The van der Waals surface area contributed by atoms with Crippen molar-refractivity contribution in [1.82, 2.24) is 14.8 Å². The predicted molar refractivity (Wildman–Crippen MR) is 66.0 cm³/mol. The maximum absolute atomic E-state index is 5.57. The number of anilines is 1. The molecule has 1 aliphatic rings. The van der Waals surface area contributed by atoms with Crippen molar-refractivity contribution >= 4 is 5.82 Å². The van der Waals surface area contributed by atoms with Crippen molar-refractivity contribution in [3.05, 3.63) is 23.9 Å². The number of hydrogen-bond acceptors (Lipinski definition) is 4. The standard InChI is InChI=1S/C12H20N4/c1-10-8-15(2)5-6-16(10)9-11-3-4-12(13)14-7-11/h3-4,7,10H,5-6,8-9H2,1-2H3,(H2,13,14)/t10-/m1/s1. The molecule has 0 saturated carbocycles. The van der Waals surface area contributed by atoms with Crippen molar-refractivity contribution < 1.29 is 0 Å². The summed E-state index contributed by atoms with van der Waals surface area (Å²) in [6.45, 7) is 6.67. The molecule has 4 nitrogen and oxygen atoms in total. The first-order valence-corrected chi connectivity index (χ1v) is 5.78. The fourth-order valence-corrected chi connectivity index (χ4v) is 2.18. The fraction of sp³-hybridized carbons (Fsp3) is 0.583. The first kappa shape index (κ1) is 11.4. The van der Waals surface area contributed by atoms with E-state index in [-0.39, 0.29) is 0 Å². The van der Waals surface area contributed by atoms with Crippen molar-refractivity contribution in [3.8, 4) is 0 Å². The highest BCUT2D eigenvalue weighted by atomic mass is 15.3. The Morgan fingerprint density at radius 2 is 2.25 bits per heavy atom. The minimum Gasteiger partial charge on any atom is -0.384 e. The molecule has 0 spiro atoms. The molecule has 0 unspecified atom stereocenters. The second-order valence-corrected chi connectivity index (χ2v) is 4.67. The molecule has 2 rings (SSSR count). The number of nitrogen functional groups attached to an aromatic ring is 1. The van der Waals surface area contributed by atoms with E-state index in [4.69, 9.17) is 5.73 Å². The summed E-state index contributed by atoms with van der Waals surface area (Å²) in [6.07, 6.45) is 1.88. The van der Waals surface area contributed by atoms with E-state index in [1.807, 2.05) is 12.3 Å². The van der Waals surface area contributed by atoms with Crippen LogP contribution in [0.1, 0.15) is 12.5 Å². The van der Waals surface area contributed by atoms with Gasteiger partial charge in [0.05, 0.1) is 0 Å². The van der Waals surface area contributed by atoms with E-state index in [1.165, 1.54) is 5.56 Å². The Bertz CT molecular complexity index is 335. The Hall–Kier alpha value is -1.13. The van der Waals surface area contributed by atoms with Crippen molar-refractivity contribution in [1.29, 1.82) is 0 Å². The van der Waals surface area contributed by atoms with Crippen LogP contribution >= 0.6 is 0 Å². The van der Waals surface area contributed by atoms with Crippen LogP contribution in [0.15, 0.2) is 18.3 Å². The Balaban J connectivity index is 1.96. The third kappa shape index (κ3) is 2.71. The number of rotatable bonds is 2. The average Bonchev–Trinajstić information content (AvgIpc) is 2.25. The van der Waals surface area contributed by atoms with E-state index < -0.39 is 0 Å². The van der Waals surface area contributed by atoms with Crippen LogP contribution in [0.25, 0.3) is 0 Å². The third-order valence-electron chi connectivity index (χ3n) is 3.20. The smallest absolute Gasteiger partial charge is 0.123 e. The molecule has 16 heavy (non-hydrogen) atoms. The molecule has 2 N–H and O–H groups in total. The number of nitrogens with zero attached hydrogens (tertiary/aromatic N) is 3. The number of aromatic nitrogens is 1. The normalized spacial score (nSPS) is 23.5. The van der Waals surface area contributed by atoms with E-state index in [2.05, 4.69) is 34.8 Å². The van der Waals surface area contributed by atoms with Crippen molar-refractivity contribution in [3.63, 3.8) is 0 Å². The molecule has 1 fully saturated rings. The average molecular weight is 220 g/mol. The summed E-state index contributed by atoms with van der Waals surface area (Å²) in [5, 5.41) is 0. The van der Waals surface area contributed by atoms with Crippen LogP contribution in [0.3, 0.4) is 0 Å². The van der Waals surface area contributed by atoms with Crippen LogP contribution in [0.4, 0.5) is 5.82 Å². The van der Waals surface area contributed by atoms with Gasteiger partial charge in [0.15, 0.2) is 0 Å². The van der Waals surface area contributed by atoms with Crippen LogP contribution in [-0.4, -0.2) is 47.5 Å². The Labute approximate surface area is 97.1 Å². The lowest BCUT2D eigenvalue weighted by Gasteiger charge is -2.38. The van der Waals surface area contributed by atoms with Crippen molar-refractivity contribution in [2.45, 2.75) is 19.5 Å². The van der Waals surface area contributed by atoms with Gasteiger partial charge in [0.25, 0.3) is 0 Å². The van der Waals surface area contributed by atoms with Crippen LogP contribution in [0.2, 0.25) is 0 Å². The minimum absolute atomic E-state index is 0.593. The highest BCUT2D eigenvalue weighted by Gasteiger charge is 2.21. The van der Waals surface area contributed by atoms with Gasteiger partial charge >= 0.3 is 0 Å². The first-order valence-electron chi connectivity index (χ1n) is 5.78. The maximum Gasteiger partial charge on any atom is 0.123 e. The monoisotopic (exact) mass is 220 g/mol. The van der Waals surface area contributed by atoms with E-state index in [0.717, 1.165) is 26.2 Å². The fourth-order valence-electron chi connectivity index (χ4n) is 2.18. The van der Waals surface area contributed by atoms with Gasteiger partial charge in [0.1, 0.15) is 5.82 Å². The topological polar surface area (TPSA) is 45.4 Å². The molecule has 0 radical (unpaired) electrons. The van der Waals surface area contributed by atoms with Gasteiger partial charge in [-0.1, -0.05) is 6.07 Å². The zero-order valence-electron chi connectivity index (χ0n) is 10.1. The SMILES string of the molecule is C[C@@H]1CN(C)CCN1Cc1ccc(N)nc1. The lowest BCUT2D eigenvalue weighted by molar-refractivity contribution is 0.0937. The molecule has 0 bridgehead atoms. The van der Waals surface area contributed by atoms with Crippen molar-refractivity contribution in [2.75, 3.05) is 32.4 Å². The van der Waals surface area contributed by atoms with Crippen LogP contribution in [0, 0.1) is 0 Å². The molecule has 0 amide bonds. The Morgan fingerprint density at radius 1 is 1.44 bits per heavy atom. The van der Waals surface area contributed by atoms with Gasteiger partial charge in [-0.2, -0.15) is 0 Å². The van der Waals surface area contributed by atoms with Gasteiger partial charge in [0, 0.05) is 38.4 Å². The van der Waals surface area contributed by atoms with E-state index >= 15 is 0 Å². The van der Waals surface area contributed by atoms with E-state index in [0.29, 0.717) is 11.9 Å². The molecule has 1 saturated heterocycles. The molecular formula is C12H20N4. The lowest BCUT2D eigenvalue weighted by Crippen LogP contribution is -2.49. The molecule has 1 aromatic rings. The Kier molecular flexibility index (Phi) is 3.41. The van der Waals surface area contributed by atoms with Crippen molar-refractivity contribution in [2.24, 2.45) is 0 Å². The molecule has 0 aliphatic carbocycles. The molecule has 1 atom stereocenters. The number of piperazine rings is 1. The van der Waals surface area contributed by atoms with Gasteiger partial charge in [0.2, 0.25) is 0 Å². The summed E-state index contributed by atoms with van der Waals surface area (Å²) < 4.78 is 0. The second kappa shape index (κ2) is 4.80. The largest absolute Gasteiger partial charge is 0.384 e. The third-order valence-corrected chi connectivity index (χ3v) is 3.20. The van der Waals surface area contributed by atoms with Crippen LogP contribution < -0.4 is 5.73 Å². The zero-order valence-corrected chi connectivity index (χ0v) is 10.1. The minimum atomic E-state index is 0.593. The molecule has 0 aromatic carbocycles. The van der Waals surface area contributed by atoms with Gasteiger partial charge in [-0.3, -0.25) is 4.90 Å². The summed E-state index contributed by atoms with van der Waals surface area (Å²) in [6, 6.07) is 4.54. The molecule has 4 heteroatoms. The molecule has 88 valence electrons. The summed E-state index contributed by atoms with van der Waals surface area (Å²) in [5.41, 5.74) is 6.82. The van der Waals surface area contributed by atoms with E-state index in [9.17, 15) is 0 Å². The molecular weight excluding hydrogens is 200 g/mol. The van der Waals surface area contributed by atoms with Gasteiger partial charge < -0.3 is 10.6 Å². The number of hydrogen-bond donors (Lipinski definition) is 1. The molecule has 1 aliphatic heterocycles. The Morgan fingerprint density at radius 3 is 2.88 bits per heavy atom. The predicted octanol–water partition coefficient (Wildman–Crippen LogP) is 0.800. The van der Waals surface area contributed by atoms with Crippen LogP contribution in [0.5, 0.6) is 0 Å². The number of likely N-dealkylation sites (N-methyl/N-ethyl adjacent to an activating group) is 1. The van der Waals surface area contributed by atoms with Gasteiger partial charge in [-0.05, 0) is 25.6 Å². The highest BCUT2D eigenvalue weighted by molar-refractivity contribution is 5.29. The molecule has 1 aromatic heterocycles. The summed E-state index contributed by atoms with van der Waals surface area (Å²) in [7, 11) is 2.18. The first-order chi connectivity index (χ1) is 7.65. The zero-order chi connectivity index (χ0) is 11.5. The molecule has 2 heterocycles. The summed E-state index contributed by atoms with van der Waals surface area (Å²) in [4.78, 5) is 9.00. The van der Waals surface area contributed by atoms with Gasteiger partial charge in [-0.25, -0.2) is 4.98 Å². The maximum atomic E-state index is 5.57. The van der Waals surface area contributed by atoms with Crippen LogP contribution in [-0.2, 0) is 6.54 Å². The number of pyridine rings is 1. The lowest BCUT2D eigenvalue weighted by atomic mass is 10.1.